The van der Waals surface area contributed by atoms with E-state index in [0.717, 1.165) is 25.4 Å². The fourth-order valence-electron chi connectivity index (χ4n) is 3.09. The van der Waals surface area contributed by atoms with E-state index in [-0.39, 0.29) is 6.04 Å². The van der Waals surface area contributed by atoms with Crippen molar-refractivity contribution in [2.75, 3.05) is 33.7 Å². The van der Waals surface area contributed by atoms with Crippen molar-refractivity contribution < 1.29 is 4.74 Å². The van der Waals surface area contributed by atoms with Gasteiger partial charge in [-0.3, -0.25) is 0 Å². The molecule has 0 radical (unpaired) electrons. The molecule has 0 amide bonds. The van der Waals surface area contributed by atoms with Crippen LogP contribution in [-0.2, 0) is 0 Å². The minimum atomic E-state index is 0.0262. The van der Waals surface area contributed by atoms with Crippen LogP contribution in [0.25, 0.3) is 0 Å². The van der Waals surface area contributed by atoms with Gasteiger partial charge in [-0.1, -0.05) is 12.1 Å². The average molecular weight is 289 g/mol. The Morgan fingerprint density at radius 2 is 2.05 bits per heavy atom. The Labute approximate surface area is 127 Å². The zero-order chi connectivity index (χ0) is 14.8. The van der Waals surface area contributed by atoms with Crippen molar-refractivity contribution in [1.82, 2.24) is 9.80 Å². The molecule has 116 valence electrons. The topological polar surface area (TPSA) is 41.7 Å². The lowest BCUT2D eigenvalue weighted by molar-refractivity contribution is 0.196. The molecule has 4 heteroatoms. The summed E-state index contributed by atoms with van der Waals surface area (Å²) in [4.78, 5) is 4.79. The van der Waals surface area contributed by atoms with E-state index < -0.39 is 0 Å². The van der Waals surface area contributed by atoms with Crippen LogP contribution >= 0.6 is 0 Å². The largest absolute Gasteiger partial charge is 0.490 e. The van der Waals surface area contributed by atoms with Gasteiger partial charge in [-0.15, -0.1) is 0 Å². The molecule has 0 aromatic heterocycles. The zero-order valence-electron chi connectivity index (χ0n) is 13.2. The van der Waals surface area contributed by atoms with Crippen LogP contribution < -0.4 is 10.5 Å². The highest BCUT2D eigenvalue weighted by Crippen LogP contribution is 2.29. The fraction of sp³-hybridized carbons (Fsp3) is 0.647. The molecule has 1 aromatic carbocycles. The fourth-order valence-corrected chi connectivity index (χ4v) is 3.09. The first-order valence-electron chi connectivity index (χ1n) is 8.04. The molecule has 2 fully saturated rings. The maximum atomic E-state index is 6.58. The summed E-state index contributed by atoms with van der Waals surface area (Å²) in [6.45, 7) is 3.28. The first-order chi connectivity index (χ1) is 10.1. The maximum Gasteiger partial charge on any atom is 0.120 e. The summed E-state index contributed by atoms with van der Waals surface area (Å²) in [6.07, 6.45) is 4.02. The van der Waals surface area contributed by atoms with E-state index in [1.54, 1.807) is 0 Å². The van der Waals surface area contributed by atoms with Crippen LogP contribution in [0.2, 0.25) is 0 Å². The second-order valence-electron chi connectivity index (χ2n) is 6.58. The van der Waals surface area contributed by atoms with Gasteiger partial charge in [-0.25, -0.2) is 0 Å². The van der Waals surface area contributed by atoms with Gasteiger partial charge < -0.3 is 20.3 Å². The summed E-state index contributed by atoms with van der Waals surface area (Å²) >= 11 is 0. The van der Waals surface area contributed by atoms with Crippen LogP contribution in [0.5, 0.6) is 5.75 Å². The summed E-state index contributed by atoms with van der Waals surface area (Å²) in [6, 6.07) is 8.74. The van der Waals surface area contributed by atoms with Gasteiger partial charge >= 0.3 is 0 Å². The molecule has 21 heavy (non-hydrogen) atoms. The van der Waals surface area contributed by atoms with Gasteiger partial charge in [0.15, 0.2) is 0 Å². The number of nitrogens with zero attached hydrogens (tertiary/aromatic N) is 2. The first-order valence-corrected chi connectivity index (χ1v) is 8.04. The van der Waals surface area contributed by atoms with Crippen LogP contribution in [-0.4, -0.2) is 55.7 Å². The molecular weight excluding hydrogens is 262 g/mol. The minimum Gasteiger partial charge on any atom is -0.490 e. The summed E-state index contributed by atoms with van der Waals surface area (Å²) < 4.78 is 5.90. The highest BCUT2D eigenvalue weighted by Gasteiger charge is 2.28. The average Bonchev–Trinajstić information content (AvgIpc) is 3.28. The van der Waals surface area contributed by atoms with Gasteiger partial charge in [-0.2, -0.15) is 0 Å². The minimum absolute atomic E-state index is 0.0262. The number of benzene rings is 1. The van der Waals surface area contributed by atoms with Crippen LogP contribution in [0.1, 0.15) is 30.9 Å². The van der Waals surface area contributed by atoms with Crippen molar-refractivity contribution in [2.45, 2.75) is 37.5 Å². The molecule has 1 aromatic rings. The standard InChI is InChI=1S/C17H27N3O/c1-19-9-4-10-20(2)16(12-19)17(18)13-5-3-6-15(11-13)21-14-7-8-14/h3,5-6,11,14,16-17H,4,7-10,12,18H2,1-2H3. The Morgan fingerprint density at radius 3 is 2.81 bits per heavy atom. The molecule has 3 rings (SSSR count). The molecule has 2 unspecified atom stereocenters. The Hall–Kier alpha value is -1.10. The van der Waals surface area contributed by atoms with Gasteiger partial charge in [0.25, 0.3) is 0 Å². The molecule has 1 saturated heterocycles. The van der Waals surface area contributed by atoms with E-state index >= 15 is 0 Å². The maximum absolute atomic E-state index is 6.58. The third kappa shape index (κ3) is 3.76. The van der Waals surface area contributed by atoms with E-state index in [2.05, 4.69) is 42.1 Å². The molecule has 1 aliphatic carbocycles. The third-order valence-corrected chi connectivity index (χ3v) is 4.60. The van der Waals surface area contributed by atoms with Gasteiger partial charge in [0.2, 0.25) is 0 Å². The number of rotatable bonds is 4. The van der Waals surface area contributed by atoms with Crippen LogP contribution in [0.3, 0.4) is 0 Å². The summed E-state index contributed by atoms with van der Waals surface area (Å²) in [5.74, 6) is 0.968. The van der Waals surface area contributed by atoms with Crippen LogP contribution in [0.15, 0.2) is 24.3 Å². The Morgan fingerprint density at radius 1 is 1.24 bits per heavy atom. The summed E-state index contributed by atoms with van der Waals surface area (Å²) in [5, 5.41) is 0. The molecule has 0 spiro atoms. The lowest BCUT2D eigenvalue weighted by Crippen LogP contribution is -2.45. The highest BCUT2D eigenvalue weighted by atomic mass is 16.5. The Balaban J connectivity index is 1.74. The smallest absolute Gasteiger partial charge is 0.120 e. The van der Waals surface area contributed by atoms with Crippen molar-refractivity contribution in [1.29, 1.82) is 0 Å². The van der Waals surface area contributed by atoms with Crippen LogP contribution in [0.4, 0.5) is 0 Å². The van der Waals surface area contributed by atoms with E-state index in [9.17, 15) is 0 Å². The lowest BCUT2D eigenvalue weighted by Gasteiger charge is -2.32. The first kappa shape index (κ1) is 14.8. The lowest BCUT2D eigenvalue weighted by atomic mass is 9.98. The Bertz CT molecular complexity index is 475. The molecule has 2 aliphatic rings. The molecule has 4 nitrogen and oxygen atoms in total. The molecule has 1 saturated carbocycles. The SMILES string of the molecule is CN1CCCN(C)C(C(N)c2cccc(OC3CC3)c2)C1. The predicted octanol–water partition coefficient (Wildman–Crippen LogP) is 1.86. The quantitative estimate of drug-likeness (QED) is 0.919. The van der Waals surface area contributed by atoms with E-state index in [0.29, 0.717) is 12.1 Å². The van der Waals surface area contributed by atoms with E-state index in [1.165, 1.54) is 24.8 Å². The monoisotopic (exact) mass is 289 g/mol. The molecule has 2 atom stereocenters. The predicted molar refractivity (Wildman–Crippen MR) is 85.6 cm³/mol. The number of hydrogen-bond donors (Lipinski definition) is 1. The number of ether oxygens (including phenoxy) is 1. The third-order valence-electron chi connectivity index (χ3n) is 4.60. The van der Waals surface area contributed by atoms with Gasteiger partial charge in [0.05, 0.1) is 6.10 Å². The van der Waals surface area contributed by atoms with Crippen molar-refractivity contribution in [2.24, 2.45) is 5.73 Å². The second kappa shape index (κ2) is 6.34. The zero-order valence-corrected chi connectivity index (χ0v) is 13.2. The van der Waals surface area contributed by atoms with Crippen molar-refractivity contribution in [3.05, 3.63) is 29.8 Å². The van der Waals surface area contributed by atoms with E-state index in [4.69, 9.17) is 10.5 Å². The normalized spacial score (nSPS) is 26.3. The molecule has 2 N–H and O–H groups in total. The van der Waals surface area contributed by atoms with Crippen molar-refractivity contribution in [3.8, 4) is 5.75 Å². The summed E-state index contributed by atoms with van der Waals surface area (Å²) in [7, 11) is 4.37. The number of nitrogens with two attached hydrogens (primary N) is 1. The van der Waals surface area contributed by atoms with E-state index in [1.807, 2.05) is 6.07 Å². The molecule has 1 aliphatic heterocycles. The number of likely N-dealkylation sites (N-methyl/N-ethyl adjacent to an activating group) is 2. The molecule has 0 bridgehead atoms. The second-order valence-corrected chi connectivity index (χ2v) is 6.58. The summed E-state index contributed by atoms with van der Waals surface area (Å²) in [5.41, 5.74) is 7.76. The highest BCUT2D eigenvalue weighted by molar-refractivity contribution is 5.31. The van der Waals surface area contributed by atoms with Gasteiger partial charge in [0, 0.05) is 18.6 Å². The van der Waals surface area contributed by atoms with Gasteiger partial charge in [-0.05, 0) is 64.1 Å². The van der Waals surface area contributed by atoms with Gasteiger partial charge in [0.1, 0.15) is 5.75 Å². The molecular formula is C17H27N3O. The number of hydrogen-bond acceptors (Lipinski definition) is 4. The van der Waals surface area contributed by atoms with Crippen molar-refractivity contribution in [3.63, 3.8) is 0 Å². The van der Waals surface area contributed by atoms with Crippen LogP contribution in [0, 0.1) is 0 Å². The Kier molecular flexibility index (Phi) is 4.48. The van der Waals surface area contributed by atoms with Crippen molar-refractivity contribution >= 4 is 0 Å². The molecule has 1 heterocycles.